The van der Waals surface area contributed by atoms with Gasteiger partial charge in [-0.2, -0.15) is 0 Å². The first-order valence-corrected chi connectivity index (χ1v) is 8.75. The molecule has 0 aromatic heterocycles. The average Bonchev–Trinajstić information content (AvgIpc) is 2.86. The predicted molar refractivity (Wildman–Crippen MR) is 69.8 cm³/mol. The molecule has 18 heavy (non-hydrogen) atoms. The SMILES string of the molecule is NC(C1CCCC1)C1(O)CC2CCC(C1)S2(=O)=O. The second-order valence-corrected chi connectivity index (χ2v) is 9.00. The fourth-order valence-corrected chi connectivity index (χ4v) is 6.82. The minimum Gasteiger partial charge on any atom is -0.388 e. The summed E-state index contributed by atoms with van der Waals surface area (Å²) in [6.07, 6.45) is 6.72. The topological polar surface area (TPSA) is 80.4 Å². The van der Waals surface area contributed by atoms with Crippen LogP contribution < -0.4 is 5.73 Å². The van der Waals surface area contributed by atoms with Gasteiger partial charge in [-0.15, -0.1) is 0 Å². The van der Waals surface area contributed by atoms with Crippen molar-refractivity contribution in [3.63, 3.8) is 0 Å². The van der Waals surface area contributed by atoms with Gasteiger partial charge in [0.1, 0.15) is 0 Å². The molecule has 0 amide bonds. The summed E-state index contributed by atoms with van der Waals surface area (Å²) in [7, 11) is -2.97. The number of hydrogen-bond acceptors (Lipinski definition) is 4. The molecule has 3 fully saturated rings. The molecule has 3 rings (SSSR count). The van der Waals surface area contributed by atoms with Crippen molar-refractivity contribution < 1.29 is 13.5 Å². The van der Waals surface area contributed by atoms with Crippen LogP contribution in [-0.2, 0) is 9.84 Å². The molecule has 0 spiro atoms. The van der Waals surface area contributed by atoms with Gasteiger partial charge in [0.25, 0.3) is 0 Å². The van der Waals surface area contributed by atoms with Crippen molar-refractivity contribution in [2.45, 2.75) is 73.5 Å². The number of rotatable bonds is 2. The van der Waals surface area contributed by atoms with Crippen LogP contribution >= 0.6 is 0 Å². The normalized spacial score (nSPS) is 45.2. The van der Waals surface area contributed by atoms with Gasteiger partial charge in [0.15, 0.2) is 9.84 Å². The van der Waals surface area contributed by atoms with Crippen molar-refractivity contribution in [1.82, 2.24) is 0 Å². The van der Waals surface area contributed by atoms with Crippen LogP contribution in [0.1, 0.15) is 51.4 Å². The summed E-state index contributed by atoms with van der Waals surface area (Å²) < 4.78 is 24.1. The van der Waals surface area contributed by atoms with Crippen LogP contribution in [0.15, 0.2) is 0 Å². The summed E-state index contributed by atoms with van der Waals surface area (Å²) in [5.74, 6) is 0.384. The van der Waals surface area contributed by atoms with Crippen LogP contribution in [0.3, 0.4) is 0 Å². The first kappa shape index (κ1) is 12.9. The van der Waals surface area contributed by atoms with E-state index in [0.29, 0.717) is 31.6 Å². The van der Waals surface area contributed by atoms with Crippen molar-refractivity contribution in [2.75, 3.05) is 0 Å². The fourth-order valence-electron chi connectivity index (χ4n) is 4.31. The van der Waals surface area contributed by atoms with E-state index in [-0.39, 0.29) is 16.5 Å². The van der Waals surface area contributed by atoms with Crippen molar-refractivity contribution in [3.8, 4) is 0 Å². The first-order valence-electron chi connectivity index (χ1n) is 7.14. The number of aliphatic hydroxyl groups is 1. The Bertz CT molecular complexity index is 408. The zero-order valence-electron chi connectivity index (χ0n) is 10.7. The first-order chi connectivity index (χ1) is 8.43. The van der Waals surface area contributed by atoms with E-state index in [0.717, 1.165) is 12.8 Å². The average molecular weight is 273 g/mol. The maximum absolute atomic E-state index is 12.1. The Morgan fingerprint density at radius 1 is 1.06 bits per heavy atom. The lowest BCUT2D eigenvalue weighted by atomic mass is 9.79. The van der Waals surface area contributed by atoms with Crippen molar-refractivity contribution in [3.05, 3.63) is 0 Å². The highest BCUT2D eigenvalue weighted by atomic mass is 32.2. The summed E-state index contributed by atoms with van der Waals surface area (Å²) in [4.78, 5) is 0. The molecule has 0 radical (unpaired) electrons. The van der Waals surface area contributed by atoms with E-state index in [1.165, 1.54) is 12.8 Å². The summed E-state index contributed by atoms with van der Waals surface area (Å²) in [5.41, 5.74) is 5.35. The van der Waals surface area contributed by atoms with Crippen molar-refractivity contribution in [2.24, 2.45) is 11.7 Å². The number of hydrogen-bond donors (Lipinski definition) is 2. The molecule has 2 heterocycles. The maximum atomic E-state index is 12.1. The van der Waals surface area contributed by atoms with Crippen LogP contribution in [0.2, 0.25) is 0 Å². The third-order valence-electron chi connectivity index (χ3n) is 5.43. The monoisotopic (exact) mass is 273 g/mol. The third-order valence-corrected chi connectivity index (χ3v) is 8.09. The molecule has 3 N–H and O–H groups in total. The Morgan fingerprint density at radius 3 is 2.06 bits per heavy atom. The molecule has 4 nitrogen and oxygen atoms in total. The Hall–Kier alpha value is -0.130. The van der Waals surface area contributed by atoms with Gasteiger partial charge in [0, 0.05) is 6.04 Å². The van der Waals surface area contributed by atoms with Crippen molar-refractivity contribution in [1.29, 1.82) is 0 Å². The van der Waals surface area contributed by atoms with E-state index < -0.39 is 15.4 Å². The highest BCUT2D eigenvalue weighted by Crippen LogP contribution is 2.46. The number of sulfone groups is 1. The molecule has 0 aromatic rings. The Kier molecular flexibility index (Phi) is 2.99. The highest BCUT2D eigenvalue weighted by Gasteiger charge is 2.55. The van der Waals surface area contributed by atoms with E-state index in [9.17, 15) is 13.5 Å². The number of fused-ring (bicyclic) bond motifs is 2. The summed E-state index contributed by atoms with van der Waals surface area (Å²) in [6.45, 7) is 0. The van der Waals surface area contributed by atoms with Gasteiger partial charge in [-0.3, -0.25) is 0 Å². The van der Waals surface area contributed by atoms with Crippen LogP contribution in [-0.4, -0.2) is 35.7 Å². The lowest BCUT2D eigenvalue weighted by Gasteiger charge is -2.42. The fraction of sp³-hybridized carbons (Fsp3) is 1.00. The molecule has 1 saturated carbocycles. The van der Waals surface area contributed by atoms with Crippen LogP contribution in [0.4, 0.5) is 0 Å². The van der Waals surface area contributed by atoms with Crippen molar-refractivity contribution >= 4 is 9.84 Å². The van der Waals surface area contributed by atoms with E-state index in [1.807, 2.05) is 0 Å². The van der Waals surface area contributed by atoms with Gasteiger partial charge in [0.2, 0.25) is 0 Å². The predicted octanol–water partition coefficient (Wildman–Crippen LogP) is 0.975. The van der Waals surface area contributed by atoms with Crippen LogP contribution in [0.25, 0.3) is 0 Å². The molecular weight excluding hydrogens is 250 g/mol. The summed E-state index contributed by atoms with van der Waals surface area (Å²) in [5, 5.41) is 10.1. The van der Waals surface area contributed by atoms with Gasteiger partial charge in [-0.1, -0.05) is 12.8 Å². The molecule has 1 aliphatic carbocycles. The molecule has 3 unspecified atom stereocenters. The second kappa shape index (κ2) is 4.18. The quantitative estimate of drug-likeness (QED) is 0.786. The third kappa shape index (κ3) is 1.82. The standard InChI is InChI=1S/C13H23NO3S/c14-12(9-3-1-2-4-9)13(15)7-10-5-6-11(8-13)18(10,16)17/h9-12,15H,1-8,14H2. The molecular formula is C13H23NO3S. The minimum atomic E-state index is -2.97. The van der Waals surface area contributed by atoms with Gasteiger partial charge in [-0.05, 0) is 44.4 Å². The minimum absolute atomic E-state index is 0.237. The molecule has 3 atom stereocenters. The van der Waals surface area contributed by atoms with E-state index in [1.54, 1.807) is 0 Å². The molecule has 2 saturated heterocycles. The Morgan fingerprint density at radius 2 is 1.56 bits per heavy atom. The molecule has 3 aliphatic rings. The van der Waals surface area contributed by atoms with Crippen LogP contribution in [0, 0.1) is 5.92 Å². The zero-order chi connectivity index (χ0) is 13.0. The summed E-state index contributed by atoms with van der Waals surface area (Å²) in [6, 6.07) is -0.237. The summed E-state index contributed by atoms with van der Waals surface area (Å²) >= 11 is 0. The van der Waals surface area contributed by atoms with Crippen LogP contribution in [0.5, 0.6) is 0 Å². The number of nitrogens with two attached hydrogens (primary N) is 1. The molecule has 2 bridgehead atoms. The largest absolute Gasteiger partial charge is 0.388 e. The lowest BCUT2D eigenvalue weighted by Crippen LogP contribution is -2.58. The Balaban J connectivity index is 1.80. The zero-order valence-corrected chi connectivity index (χ0v) is 11.5. The molecule has 104 valence electrons. The molecule has 0 aromatic carbocycles. The maximum Gasteiger partial charge on any atom is 0.156 e. The molecule has 5 heteroatoms. The molecule has 2 aliphatic heterocycles. The van der Waals surface area contributed by atoms with E-state index in [2.05, 4.69) is 0 Å². The van der Waals surface area contributed by atoms with Gasteiger partial charge in [-0.25, -0.2) is 8.42 Å². The van der Waals surface area contributed by atoms with Gasteiger partial charge < -0.3 is 10.8 Å². The van der Waals surface area contributed by atoms with Gasteiger partial charge in [0.05, 0.1) is 16.1 Å². The van der Waals surface area contributed by atoms with Gasteiger partial charge >= 0.3 is 0 Å². The Labute approximate surface area is 109 Å². The highest BCUT2D eigenvalue weighted by molar-refractivity contribution is 7.93. The van der Waals surface area contributed by atoms with E-state index in [4.69, 9.17) is 5.73 Å². The second-order valence-electron chi connectivity index (χ2n) is 6.49. The lowest BCUT2D eigenvalue weighted by molar-refractivity contribution is -0.0202. The smallest absolute Gasteiger partial charge is 0.156 e. The van der Waals surface area contributed by atoms with E-state index >= 15 is 0 Å².